The molecule has 0 spiro atoms. The van der Waals surface area contributed by atoms with E-state index in [0.717, 1.165) is 38.9 Å². The van der Waals surface area contributed by atoms with Gasteiger partial charge in [0.15, 0.2) is 0 Å². The first-order chi connectivity index (χ1) is 9.29. The van der Waals surface area contributed by atoms with Crippen LogP contribution in [0.2, 0.25) is 0 Å². The van der Waals surface area contributed by atoms with Gasteiger partial charge in [-0.15, -0.1) is 0 Å². The van der Waals surface area contributed by atoms with Crippen molar-refractivity contribution in [2.75, 3.05) is 26.2 Å². The maximum Gasteiger partial charge on any atom is 0.224 e. The lowest BCUT2D eigenvalue weighted by atomic mass is 10.1. The van der Waals surface area contributed by atoms with Gasteiger partial charge in [0.05, 0.1) is 0 Å². The van der Waals surface area contributed by atoms with E-state index in [0.29, 0.717) is 13.0 Å². The summed E-state index contributed by atoms with van der Waals surface area (Å²) in [6.07, 6.45) is 10.1. The number of nitrogens with two attached hydrogens (primary N) is 1. The second-order valence-electron chi connectivity index (χ2n) is 5.68. The Balaban J connectivity index is 1.65. The fraction of sp³-hybridized carbons (Fsp3) is 0.800. The summed E-state index contributed by atoms with van der Waals surface area (Å²) in [6, 6.07) is 0.134. The standard InChI is InChI=1S/C15H27N3O/c16-12-14(11-15(19)18-9-3-4-10-18)17-8-7-13-5-1-2-6-13/h5,14,17H,1-4,6-12,16H2. The summed E-state index contributed by atoms with van der Waals surface area (Å²) in [5.74, 6) is 0.264. The van der Waals surface area contributed by atoms with Crippen molar-refractivity contribution >= 4 is 5.91 Å². The third-order valence-corrected chi connectivity index (χ3v) is 4.18. The molecule has 1 saturated heterocycles. The monoisotopic (exact) mass is 265 g/mol. The van der Waals surface area contributed by atoms with Crippen molar-refractivity contribution in [3.8, 4) is 0 Å². The van der Waals surface area contributed by atoms with Crippen LogP contribution in [-0.4, -0.2) is 43.0 Å². The van der Waals surface area contributed by atoms with Crippen molar-refractivity contribution in [1.82, 2.24) is 10.2 Å². The number of hydrogen-bond acceptors (Lipinski definition) is 3. The third kappa shape index (κ3) is 4.62. The summed E-state index contributed by atoms with van der Waals surface area (Å²) in [6.45, 7) is 3.35. The van der Waals surface area contributed by atoms with Crippen molar-refractivity contribution in [2.45, 2.75) is 51.0 Å². The molecule has 0 radical (unpaired) electrons. The van der Waals surface area contributed by atoms with Crippen LogP contribution in [0.5, 0.6) is 0 Å². The predicted octanol–water partition coefficient (Wildman–Crippen LogP) is 1.42. The molecular formula is C15H27N3O. The highest BCUT2D eigenvalue weighted by molar-refractivity contribution is 5.77. The maximum atomic E-state index is 12.1. The molecule has 1 aliphatic heterocycles. The Hall–Kier alpha value is -0.870. The second-order valence-corrected chi connectivity index (χ2v) is 5.68. The summed E-state index contributed by atoms with van der Waals surface area (Å²) in [7, 11) is 0. The van der Waals surface area contributed by atoms with E-state index in [1.165, 1.54) is 19.3 Å². The SMILES string of the molecule is NCC(CC(=O)N1CCCC1)NCCC1=CCCC1. The Morgan fingerprint density at radius 3 is 2.79 bits per heavy atom. The van der Waals surface area contributed by atoms with Crippen LogP contribution in [0.25, 0.3) is 0 Å². The second kappa shape index (κ2) is 7.65. The Morgan fingerprint density at radius 1 is 1.37 bits per heavy atom. The van der Waals surface area contributed by atoms with Crippen molar-refractivity contribution in [1.29, 1.82) is 0 Å². The van der Waals surface area contributed by atoms with E-state index in [-0.39, 0.29) is 11.9 Å². The third-order valence-electron chi connectivity index (χ3n) is 4.18. The van der Waals surface area contributed by atoms with Crippen LogP contribution in [0.15, 0.2) is 11.6 Å². The summed E-state index contributed by atoms with van der Waals surface area (Å²) >= 11 is 0. The average molecular weight is 265 g/mol. The van der Waals surface area contributed by atoms with Crippen molar-refractivity contribution in [3.05, 3.63) is 11.6 Å². The lowest BCUT2D eigenvalue weighted by molar-refractivity contribution is -0.130. The highest BCUT2D eigenvalue weighted by atomic mass is 16.2. The summed E-state index contributed by atoms with van der Waals surface area (Å²) in [5, 5.41) is 3.44. The zero-order valence-electron chi connectivity index (χ0n) is 11.9. The fourth-order valence-electron chi connectivity index (χ4n) is 2.95. The molecule has 1 amide bonds. The average Bonchev–Trinajstić information content (AvgIpc) is 3.10. The van der Waals surface area contributed by atoms with Gasteiger partial charge in [0, 0.05) is 32.1 Å². The number of carbonyl (C=O) groups is 1. The van der Waals surface area contributed by atoms with Crippen LogP contribution >= 0.6 is 0 Å². The largest absolute Gasteiger partial charge is 0.343 e. The minimum Gasteiger partial charge on any atom is -0.343 e. The predicted molar refractivity (Wildman–Crippen MR) is 77.8 cm³/mol. The lowest BCUT2D eigenvalue weighted by Gasteiger charge is -2.21. The molecule has 0 aromatic carbocycles. The van der Waals surface area contributed by atoms with Gasteiger partial charge >= 0.3 is 0 Å². The zero-order chi connectivity index (χ0) is 13.5. The van der Waals surface area contributed by atoms with Gasteiger partial charge in [0.1, 0.15) is 0 Å². The first-order valence-electron chi connectivity index (χ1n) is 7.68. The van der Waals surface area contributed by atoms with E-state index < -0.39 is 0 Å². The minimum atomic E-state index is 0.134. The molecule has 2 aliphatic rings. The Morgan fingerprint density at radius 2 is 2.16 bits per heavy atom. The Bertz CT molecular complexity index is 321. The van der Waals surface area contributed by atoms with Crippen LogP contribution in [0.1, 0.15) is 44.9 Å². The smallest absolute Gasteiger partial charge is 0.224 e. The molecule has 1 fully saturated rings. The molecule has 19 heavy (non-hydrogen) atoms. The fourth-order valence-corrected chi connectivity index (χ4v) is 2.95. The van der Waals surface area contributed by atoms with Crippen molar-refractivity contribution in [3.63, 3.8) is 0 Å². The maximum absolute atomic E-state index is 12.1. The van der Waals surface area contributed by atoms with Gasteiger partial charge in [-0.05, 0) is 45.1 Å². The first-order valence-corrected chi connectivity index (χ1v) is 7.68. The van der Waals surface area contributed by atoms with Crippen molar-refractivity contribution in [2.24, 2.45) is 5.73 Å². The molecular weight excluding hydrogens is 238 g/mol. The highest BCUT2D eigenvalue weighted by Crippen LogP contribution is 2.19. The molecule has 2 rings (SSSR count). The normalized spacial score (nSPS) is 20.7. The van der Waals surface area contributed by atoms with Gasteiger partial charge in [-0.25, -0.2) is 0 Å². The number of amides is 1. The van der Waals surface area contributed by atoms with E-state index >= 15 is 0 Å². The van der Waals surface area contributed by atoms with Gasteiger partial charge in [-0.1, -0.05) is 11.6 Å². The van der Waals surface area contributed by atoms with Crippen LogP contribution in [0.3, 0.4) is 0 Å². The Labute approximate surface area is 116 Å². The topological polar surface area (TPSA) is 58.4 Å². The van der Waals surface area contributed by atoms with Gasteiger partial charge in [-0.3, -0.25) is 4.79 Å². The van der Waals surface area contributed by atoms with Crippen LogP contribution < -0.4 is 11.1 Å². The molecule has 3 N–H and O–H groups in total. The number of carbonyl (C=O) groups excluding carboxylic acids is 1. The van der Waals surface area contributed by atoms with Crippen LogP contribution in [-0.2, 0) is 4.79 Å². The molecule has 0 aromatic rings. The number of likely N-dealkylation sites (tertiary alicyclic amines) is 1. The first kappa shape index (κ1) is 14.5. The molecule has 1 unspecified atom stereocenters. The van der Waals surface area contributed by atoms with Gasteiger partial charge < -0.3 is 16.0 Å². The molecule has 4 nitrogen and oxygen atoms in total. The van der Waals surface area contributed by atoms with Gasteiger partial charge in [0.2, 0.25) is 5.91 Å². The van der Waals surface area contributed by atoms with E-state index in [1.807, 2.05) is 4.90 Å². The van der Waals surface area contributed by atoms with E-state index in [9.17, 15) is 4.79 Å². The highest BCUT2D eigenvalue weighted by Gasteiger charge is 2.20. The molecule has 0 saturated carbocycles. The van der Waals surface area contributed by atoms with Gasteiger partial charge in [-0.2, -0.15) is 0 Å². The van der Waals surface area contributed by atoms with E-state index in [2.05, 4.69) is 11.4 Å². The number of rotatable bonds is 7. The molecule has 0 bridgehead atoms. The number of allylic oxidation sites excluding steroid dienone is 1. The summed E-state index contributed by atoms with van der Waals surface area (Å²) in [5.41, 5.74) is 7.33. The summed E-state index contributed by atoms with van der Waals surface area (Å²) < 4.78 is 0. The number of nitrogens with zero attached hydrogens (tertiary/aromatic N) is 1. The molecule has 0 aromatic heterocycles. The number of nitrogens with one attached hydrogen (secondary N) is 1. The van der Waals surface area contributed by atoms with Crippen LogP contribution in [0.4, 0.5) is 0 Å². The quantitative estimate of drug-likeness (QED) is 0.684. The minimum absolute atomic E-state index is 0.134. The molecule has 1 heterocycles. The van der Waals surface area contributed by atoms with Gasteiger partial charge in [0.25, 0.3) is 0 Å². The number of hydrogen-bond donors (Lipinski definition) is 2. The van der Waals surface area contributed by atoms with E-state index in [4.69, 9.17) is 5.73 Å². The Kier molecular flexibility index (Phi) is 5.86. The molecule has 108 valence electrons. The van der Waals surface area contributed by atoms with Crippen LogP contribution in [0, 0.1) is 0 Å². The lowest BCUT2D eigenvalue weighted by Crippen LogP contribution is -2.41. The molecule has 1 atom stereocenters. The zero-order valence-corrected chi connectivity index (χ0v) is 11.9. The summed E-state index contributed by atoms with van der Waals surface area (Å²) in [4.78, 5) is 14.0. The van der Waals surface area contributed by atoms with E-state index in [1.54, 1.807) is 5.57 Å². The molecule has 1 aliphatic carbocycles. The van der Waals surface area contributed by atoms with Crippen molar-refractivity contribution < 1.29 is 4.79 Å². The molecule has 4 heteroatoms.